The summed E-state index contributed by atoms with van der Waals surface area (Å²) in [5.74, 6) is -1.20. The van der Waals surface area contributed by atoms with Crippen molar-refractivity contribution in [3.8, 4) is 11.5 Å². The molecule has 0 saturated heterocycles. The van der Waals surface area contributed by atoms with Gasteiger partial charge in [0.25, 0.3) is 5.91 Å². The van der Waals surface area contributed by atoms with Crippen LogP contribution in [0.15, 0.2) is 18.2 Å². The summed E-state index contributed by atoms with van der Waals surface area (Å²) in [6, 6.07) is 3.78. The first-order valence-corrected chi connectivity index (χ1v) is 5.67. The molecule has 7 nitrogen and oxygen atoms in total. The summed E-state index contributed by atoms with van der Waals surface area (Å²) in [6.45, 7) is 0.434. The van der Waals surface area contributed by atoms with Crippen molar-refractivity contribution in [2.75, 3.05) is 27.2 Å². The maximum atomic E-state index is 11.7. The van der Waals surface area contributed by atoms with Gasteiger partial charge in [-0.3, -0.25) is 4.79 Å². The SMILES string of the molecule is CN(C)C(=O)NCCNC(=O)c1c(O)cccc1O. The van der Waals surface area contributed by atoms with E-state index in [0.29, 0.717) is 0 Å². The van der Waals surface area contributed by atoms with E-state index < -0.39 is 5.91 Å². The van der Waals surface area contributed by atoms with Crippen LogP contribution in [0.5, 0.6) is 11.5 Å². The van der Waals surface area contributed by atoms with Gasteiger partial charge in [-0.25, -0.2) is 4.79 Å². The van der Waals surface area contributed by atoms with Crippen LogP contribution in [0.1, 0.15) is 10.4 Å². The Bertz CT molecular complexity index is 454. The molecule has 4 N–H and O–H groups in total. The topological polar surface area (TPSA) is 102 Å². The van der Waals surface area contributed by atoms with Crippen molar-refractivity contribution in [1.82, 2.24) is 15.5 Å². The van der Waals surface area contributed by atoms with E-state index in [-0.39, 0.29) is 36.2 Å². The normalized spacial score (nSPS) is 9.79. The van der Waals surface area contributed by atoms with Crippen molar-refractivity contribution in [1.29, 1.82) is 0 Å². The second-order valence-corrected chi connectivity index (χ2v) is 4.05. The smallest absolute Gasteiger partial charge is 0.316 e. The first-order valence-electron chi connectivity index (χ1n) is 5.67. The molecular weight excluding hydrogens is 250 g/mol. The first-order chi connectivity index (χ1) is 8.93. The summed E-state index contributed by atoms with van der Waals surface area (Å²) in [7, 11) is 3.21. The molecule has 0 radical (unpaired) electrons. The second kappa shape index (κ2) is 6.48. The fraction of sp³-hybridized carbons (Fsp3) is 0.333. The number of carbonyl (C=O) groups excluding carboxylic acids is 2. The highest BCUT2D eigenvalue weighted by molar-refractivity contribution is 5.99. The van der Waals surface area contributed by atoms with Crippen molar-refractivity contribution >= 4 is 11.9 Å². The number of phenolic OH excluding ortho intramolecular Hbond substituents is 2. The lowest BCUT2D eigenvalue weighted by Crippen LogP contribution is -2.39. The molecule has 0 saturated carbocycles. The molecule has 7 heteroatoms. The van der Waals surface area contributed by atoms with E-state index in [2.05, 4.69) is 10.6 Å². The number of nitrogens with zero attached hydrogens (tertiary/aromatic N) is 1. The van der Waals surface area contributed by atoms with Crippen LogP contribution in [0.4, 0.5) is 4.79 Å². The van der Waals surface area contributed by atoms with Crippen molar-refractivity contribution < 1.29 is 19.8 Å². The maximum Gasteiger partial charge on any atom is 0.316 e. The summed E-state index contributed by atoms with van der Waals surface area (Å²) in [5, 5.41) is 24.0. The molecule has 1 aromatic carbocycles. The lowest BCUT2D eigenvalue weighted by molar-refractivity contribution is 0.0948. The van der Waals surface area contributed by atoms with Crippen molar-refractivity contribution in [3.63, 3.8) is 0 Å². The van der Waals surface area contributed by atoms with E-state index in [9.17, 15) is 19.8 Å². The summed E-state index contributed by atoms with van der Waals surface area (Å²) in [5.41, 5.74) is -0.179. The monoisotopic (exact) mass is 267 g/mol. The van der Waals surface area contributed by atoms with E-state index in [0.717, 1.165) is 0 Å². The van der Waals surface area contributed by atoms with E-state index in [1.54, 1.807) is 14.1 Å². The van der Waals surface area contributed by atoms with E-state index in [1.165, 1.54) is 23.1 Å². The van der Waals surface area contributed by atoms with Gasteiger partial charge in [-0.1, -0.05) is 6.07 Å². The van der Waals surface area contributed by atoms with Gasteiger partial charge in [0.1, 0.15) is 17.1 Å². The van der Waals surface area contributed by atoms with Crippen molar-refractivity contribution in [3.05, 3.63) is 23.8 Å². The molecule has 3 amide bonds. The van der Waals surface area contributed by atoms with Gasteiger partial charge in [-0.05, 0) is 12.1 Å². The van der Waals surface area contributed by atoms with Crippen molar-refractivity contribution in [2.45, 2.75) is 0 Å². The van der Waals surface area contributed by atoms with Crippen LogP contribution in [0.3, 0.4) is 0 Å². The van der Waals surface area contributed by atoms with Gasteiger partial charge in [-0.15, -0.1) is 0 Å². The van der Waals surface area contributed by atoms with Gasteiger partial charge in [0.05, 0.1) is 0 Å². The van der Waals surface area contributed by atoms with E-state index in [4.69, 9.17) is 0 Å². The minimum absolute atomic E-state index is 0.179. The molecule has 0 atom stereocenters. The molecule has 19 heavy (non-hydrogen) atoms. The van der Waals surface area contributed by atoms with Crippen LogP contribution in [0.2, 0.25) is 0 Å². The Morgan fingerprint density at radius 1 is 1.11 bits per heavy atom. The summed E-state index contributed by atoms with van der Waals surface area (Å²) in [6.07, 6.45) is 0. The van der Waals surface area contributed by atoms with Crippen LogP contribution in [-0.2, 0) is 0 Å². The average molecular weight is 267 g/mol. The third-order valence-electron chi connectivity index (χ3n) is 2.34. The van der Waals surface area contributed by atoms with E-state index >= 15 is 0 Å². The molecule has 0 aliphatic rings. The largest absolute Gasteiger partial charge is 0.507 e. The van der Waals surface area contributed by atoms with Gasteiger partial charge in [-0.2, -0.15) is 0 Å². The Kier molecular flexibility index (Phi) is 4.99. The quantitative estimate of drug-likeness (QED) is 0.581. The van der Waals surface area contributed by atoms with Crippen LogP contribution in [-0.4, -0.2) is 54.2 Å². The molecule has 0 fully saturated rings. The number of hydrogen-bond donors (Lipinski definition) is 4. The van der Waals surface area contributed by atoms with Gasteiger partial charge in [0.2, 0.25) is 0 Å². The fourth-order valence-electron chi connectivity index (χ4n) is 1.35. The Hall–Kier alpha value is -2.44. The Morgan fingerprint density at radius 3 is 2.16 bits per heavy atom. The average Bonchev–Trinajstić information content (AvgIpc) is 2.34. The summed E-state index contributed by atoms with van der Waals surface area (Å²) >= 11 is 0. The molecular formula is C12H17N3O4. The molecule has 0 aliphatic carbocycles. The second-order valence-electron chi connectivity index (χ2n) is 4.05. The zero-order valence-corrected chi connectivity index (χ0v) is 10.8. The van der Waals surface area contributed by atoms with Crippen LogP contribution < -0.4 is 10.6 Å². The number of nitrogens with one attached hydrogen (secondary N) is 2. The first kappa shape index (κ1) is 14.6. The predicted molar refractivity (Wildman–Crippen MR) is 69.2 cm³/mol. The fourth-order valence-corrected chi connectivity index (χ4v) is 1.35. The zero-order chi connectivity index (χ0) is 14.4. The van der Waals surface area contributed by atoms with Crippen LogP contribution >= 0.6 is 0 Å². The Morgan fingerprint density at radius 2 is 1.63 bits per heavy atom. The Balaban J connectivity index is 2.46. The third-order valence-corrected chi connectivity index (χ3v) is 2.34. The van der Waals surface area contributed by atoms with Gasteiger partial charge >= 0.3 is 6.03 Å². The molecule has 0 aromatic heterocycles. The molecule has 1 rings (SSSR count). The molecule has 0 bridgehead atoms. The highest BCUT2D eigenvalue weighted by Gasteiger charge is 2.15. The number of urea groups is 1. The summed E-state index contributed by atoms with van der Waals surface area (Å²) < 4.78 is 0. The number of benzene rings is 1. The molecule has 0 heterocycles. The molecule has 0 spiro atoms. The number of phenols is 2. The van der Waals surface area contributed by atoms with Crippen LogP contribution in [0, 0.1) is 0 Å². The summed E-state index contributed by atoms with van der Waals surface area (Å²) in [4.78, 5) is 24.3. The van der Waals surface area contributed by atoms with Crippen molar-refractivity contribution in [2.24, 2.45) is 0 Å². The predicted octanol–water partition coefficient (Wildman–Crippen LogP) is 0.0988. The standard InChI is InChI=1S/C12H17N3O4/c1-15(2)12(19)14-7-6-13-11(18)10-8(16)4-3-5-9(10)17/h3-5,16-17H,6-7H2,1-2H3,(H,13,18)(H,14,19). The molecule has 0 aliphatic heterocycles. The van der Waals surface area contributed by atoms with E-state index in [1.807, 2.05) is 0 Å². The number of amides is 3. The van der Waals surface area contributed by atoms with Gasteiger partial charge in [0.15, 0.2) is 0 Å². The minimum Gasteiger partial charge on any atom is -0.507 e. The Labute approximate surface area is 110 Å². The lowest BCUT2D eigenvalue weighted by Gasteiger charge is -2.12. The lowest BCUT2D eigenvalue weighted by atomic mass is 10.1. The van der Waals surface area contributed by atoms with Gasteiger partial charge < -0.3 is 25.7 Å². The number of aromatic hydroxyl groups is 2. The third kappa shape index (κ3) is 4.06. The number of carbonyl (C=O) groups is 2. The zero-order valence-electron chi connectivity index (χ0n) is 10.8. The number of rotatable bonds is 4. The number of hydrogen-bond acceptors (Lipinski definition) is 4. The maximum absolute atomic E-state index is 11.7. The minimum atomic E-state index is -0.602. The van der Waals surface area contributed by atoms with Gasteiger partial charge in [0, 0.05) is 27.2 Å². The molecule has 1 aromatic rings. The molecule has 104 valence electrons. The highest BCUT2D eigenvalue weighted by atomic mass is 16.3. The molecule has 0 unspecified atom stereocenters. The highest BCUT2D eigenvalue weighted by Crippen LogP contribution is 2.25. The van der Waals surface area contributed by atoms with Crippen LogP contribution in [0.25, 0.3) is 0 Å².